The number of rotatable bonds is 2. The number of hydrogen-bond donors (Lipinski definition) is 0. The largest absolute Gasteiger partial charge is 0.370 e. The van der Waals surface area contributed by atoms with Gasteiger partial charge in [0.2, 0.25) is 0 Å². The molecule has 1 aromatic rings. The van der Waals surface area contributed by atoms with Crippen molar-refractivity contribution in [2.24, 2.45) is 0 Å². The maximum atomic E-state index is 2.48. The minimum absolute atomic E-state index is 0.714. The summed E-state index contributed by atoms with van der Waals surface area (Å²) in [6.45, 7) is 4.48. The van der Waals surface area contributed by atoms with Gasteiger partial charge >= 0.3 is 0 Å². The fourth-order valence-corrected chi connectivity index (χ4v) is 2.15. The van der Waals surface area contributed by atoms with Crippen LogP contribution in [0.15, 0.2) is 24.3 Å². The Bertz CT molecular complexity index is 316. The Labute approximate surface area is 92.5 Å². The molecule has 82 valence electrons. The lowest BCUT2D eigenvalue weighted by atomic mass is 10.2. The van der Waals surface area contributed by atoms with Gasteiger partial charge in [0.15, 0.2) is 0 Å². The van der Waals surface area contributed by atoms with E-state index in [0.29, 0.717) is 6.04 Å². The lowest BCUT2D eigenvalue weighted by Crippen LogP contribution is -2.31. The van der Waals surface area contributed by atoms with Crippen LogP contribution < -0.4 is 4.90 Å². The molecule has 2 rings (SSSR count). The predicted octanol–water partition coefficient (Wildman–Crippen LogP) is 2.14. The van der Waals surface area contributed by atoms with Crippen LogP contribution in [0.1, 0.15) is 12.0 Å². The molecule has 1 atom stereocenters. The van der Waals surface area contributed by atoms with Crippen molar-refractivity contribution in [3.05, 3.63) is 29.8 Å². The van der Waals surface area contributed by atoms with Crippen LogP contribution in [0.4, 0.5) is 5.69 Å². The van der Waals surface area contributed by atoms with E-state index >= 15 is 0 Å². The molecule has 1 saturated heterocycles. The molecule has 1 aliphatic heterocycles. The van der Waals surface area contributed by atoms with E-state index in [9.17, 15) is 0 Å². The maximum Gasteiger partial charge on any atom is 0.0366 e. The van der Waals surface area contributed by atoms with E-state index in [4.69, 9.17) is 0 Å². The fourth-order valence-electron chi connectivity index (χ4n) is 2.15. The molecule has 0 amide bonds. The van der Waals surface area contributed by atoms with E-state index in [1.165, 1.54) is 24.2 Å². The van der Waals surface area contributed by atoms with Gasteiger partial charge in [0.1, 0.15) is 0 Å². The van der Waals surface area contributed by atoms with Gasteiger partial charge in [-0.2, -0.15) is 0 Å². The maximum absolute atomic E-state index is 2.48. The van der Waals surface area contributed by atoms with Gasteiger partial charge < -0.3 is 9.80 Å². The molecule has 1 fully saturated rings. The SMILES string of the molecule is Cc1ccc(N2CCC(N(C)C)C2)cc1. The van der Waals surface area contributed by atoms with Gasteiger partial charge in [-0.1, -0.05) is 17.7 Å². The Morgan fingerprint density at radius 2 is 1.87 bits per heavy atom. The average Bonchev–Trinajstić information content (AvgIpc) is 2.68. The molecule has 2 heteroatoms. The molecule has 0 saturated carbocycles. The van der Waals surface area contributed by atoms with Crippen molar-refractivity contribution in [3.63, 3.8) is 0 Å². The summed E-state index contributed by atoms with van der Waals surface area (Å²) in [4.78, 5) is 4.80. The summed E-state index contributed by atoms with van der Waals surface area (Å²) >= 11 is 0. The van der Waals surface area contributed by atoms with E-state index in [1.807, 2.05) is 0 Å². The second-order valence-electron chi connectivity index (χ2n) is 4.69. The minimum Gasteiger partial charge on any atom is -0.370 e. The number of anilines is 1. The van der Waals surface area contributed by atoms with E-state index in [1.54, 1.807) is 0 Å². The van der Waals surface area contributed by atoms with Crippen LogP contribution in [-0.2, 0) is 0 Å². The van der Waals surface area contributed by atoms with Gasteiger partial charge in [0, 0.05) is 24.8 Å². The predicted molar refractivity (Wildman–Crippen MR) is 65.5 cm³/mol. The summed E-state index contributed by atoms with van der Waals surface area (Å²) in [5.74, 6) is 0. The van der Waals surface area contributed by atoms with Gasteiger partial charge in [0.25, 0.3) is 0 Å². The van der Waals surface area contributed by atoms with Crippen molar-refractivity contribution < 1.29 is 0 Å². The highest BCUT2D eigenvalue weighted by Gasteiger charge is 2.23. The van der Waals surface area contributed by atoms with Gasteiger partial charge in [-0.05, 0) is 39.6 Å². The molecule has 0 radical (unpaired) electrons. The summed E-state index contributed by atoms with van der Waals surface area (Å²) in [6, 6.07) is 9.56. The Hall–Kier alpha value is -1.02. The first kappa shape index (κ1) is 10.5. The van der Waals surface area contributed by atoms with Crippen molar-refractivity contribution in [1.82, 2.24) is 4.90 Å². The lowest BCUT2D eigenvalue weighted by molar-refractivity contribution is 0.315. The minimum atomic E-state index is 0.714. The van der Waals surface area contributed by atoms with Crippen LogP contribution in [0.3, 0.4) is 0 Å². The van der Waals surface area contributed by atoms with Crippen molar-refractivity contribution in [3.8, 4) is 0 Å². The van der Waals surface area contributed by atoms with E-state index in [0.717, 1.165) is 6.54 Å². The van der Waals surface area contributed by atoms with Crippen LogP contribution in [0, 0.1) is 6.92 Å². The zero-order valence-corrected chi connectivity index (χ0v) is 9.90. The first-order valence-corrected chi connectivity index (χ1v) is 5.65. The van der Waals surface area contributed by atoms with Crippen LogP contribution >= 0.6 is 0 Å². The summed E-state index contributed by atoms with van der Waals surface area (Å²) in [5, 5.41) is 0. The highest BCUT2D eigenvalue weighted by atomic mass is 15.2. The van der Waals surface area contributed by atoms with Crippen LogP contribution in [-0.4, -0.2) is 38.1 Å². The van der Waals surface area contributed by atoms with Crippen molar-refractivity contribution in [1.29, 1.82) is 0 Å². The fraction of sp³-hybridized carbons (Fsp3) is 0.538. The molecule has 2 nitrogen and oxygen atoms in total. The molecular weight excluding hydrogens is 184 g/mol. The Kier molecular flexibility index (Phi) is 2.96. The number of hydrogen-bond acceptors (Lipinski definition) is 2. The molecule has 0 spiro atoms. The second kappa shape index (κ2) is 4.23. The lowest BCUT2D eigenvalue weighted by Gasteiger charge is -2.21. The number of benzene rings is 1. The molecule has 0 aliphatic carbocycles. The van der Waals surface area contributed by atoms with Gasteiger partial charge in [-0.25, -0.2) is 0 Å². The third-order valence-corrected chi connectivity index (χ3v) is 3.29. The van der Waals surface area contributed by atoms with Gasteiger partial charge in [-0.15, -0.1) is 0 Å². The third-order valence-electron chi connectivity index (χ3n) is 3.29. The normalized spacial score (nSPS) is 21.3. The van der Waals surface area contributed by atoms with E-state index < -0.39 is 0 Å². The van der Waals surface area contributed by atoms with E-state index in [-0.39, 0.29) is 0 Å². The van der Waals surface area contributed by atoms with Crippen molar-refractivity contribution in [2.45, 2.75) is 19.4 Å². The highest BCUT2D eigenvalue weighted by molar-refractivity contribution is 5.48. The molecule has 0 N–H and O–H groups in total. The zero-order valence-electron chi connectivity index (χ0n) is 9.90. The highest BCUT2D eigenvalue weighted by Crippen LogP contribution is 2.22. The number of aryl methyl sites for hydroxylation is 1. The van der Waals surface area contributed by atoms with Gasteiger partial charge in [-0.3, -0.25) is 0 Å². The second-order valence-corrected chi connectivity index (χ2v) is 4.69. The standard InChI is InChI=1S/C13H20N2/c1-11-4-6-12(7-5-11)15-9-8-13(10-15)14(2)3/h4-7,13H,8-10H2,1-3H3. The molecule has 1 aromatic carbocycles. The molecular formula is C13H20N2. The van der Waals surface area contributed by atoms with Crippen LogP contribution in [0.2, 0.25) is 0 Å². The summed E-state index contributed by atoms with van der Waals surface area (Å²) in [7, 11) is 4.34. The smallest absolute Gasteiger partial charge is 0.0366 e. The molecule has 1 heterocycles. The molecule has 15 heavy (non-hydrogen) atoms. The molecule has 0 aromatic heterocycles. The zero-order chi connectivity index (χ0) is 10.8. The Morgan fingerprint density at radius 3 is 2.40 bits per heavy atom. The number of likely N-dealkylation sites (N-methyl/N-ethyl adjacent to an activating group) is 1. The Balaban J connectivity index is 2.04. The third kappa shape index (κ3) is 2.32. The van der Waals surface area contributed by atoms with Crippen molar-refractivity contribution >= 4 is 5.69 Å². The van der Waals surface area contributed by atoms with Crippen LogP contribution in [0.25, 0.3) is 0 Å². The molecule has 1 unspecified atom stereocenters. The summed E-state index contributed by atoms with van der Waals surface area (Å²) in [6.07, 6.45) is 1.28. The summed E-state index contributed by atoms with van der Waals surface area (Å²) in [5.41, 5.74) is 2.70. The molecule has 1 aliphatic rings. The first-order chi connectivity index (χ1) is 7.16. The first-order valence-electron chi connectivity index (χ1n) is 5.65. The Morgan fingerprint density at radius 1 is 1.20 bits per heavy atom. The van der Waals surface area contributed by atoms with Crippen LogP contribution in [0.5, 0.6) is 0 Å². The van der Waals surface area contributed by atoms with Crippen molar-refractivity contribution in [2.75, 3.05) is 32.1 Å². The molecule has 0 bridgehead atoms. The number of nitrogens with zero attached hydrogens (tertiary/aromatic N) is 2. The average molecular weight is 204 g/mol. The summed E-state index contributed by atoms with van der Waals surface area (Å²) < 4.78 is 0. The van der Waals surface area contributed by atoms with Gasteiger partial charge in [0.05, 0.1) is 0 Å². The topological polar surface area (TPSA) is 6.48 Å². The quantitative estimate of drug-likeness (QED) is 0.728. The van der Waals surface area contributed by atoms with E-state index in [2.05, 4.69) is 55.1 Å². The monoisotopic (exact) mass is 204 g/mol.